The van der Waals surface area contributed by atoms with Crippen molar-refractivity contribution < 1.29 is 14.3 Å². The molecule has 1 aliphatic rings. The fourth-order valence-electron chi connectivity index (χ4n) is 3.23. The first-order valence-corrected chi connectivity index (χ1v) is 9.40. The van der Waals surface area contributed by atoms with Crippen LogP contribution in [0.1, 0.15) is 42.4 Å². The third-order valence-electron chi connectivity index (χ3n) is 4.83. The van der Waals surface area contributed by atoms with E-state index in [-0.39, 0.29) is 18.1 Å². The number of fused-ring (bicyclic) bond motifs is 1. The molecule has 0 fully saturated rings. The van der Waals surface area contributed by atoms with Gasteiger partial charge >= 0.3 is 0 Å². The predicted octanol–water partition coefficient (Wildman–Crippen LogP) is 4.83. The highest BCUT2D eigenvalue weighted by molar-refractivity contribution is 9.10. The van der Waals surface area contributed by atoms with Crippen molar-refractivity contribution in [3.8, 4) is 11.5 Å². The summed E-state index contributed by atoms with van der Waals surface area (Å²) in [6.45, 7) is 4.15. The average molecular weight is 419 g/mol. The molecule has 26 heavy (non-hydrogen) atoms. The number of hydrogen-bond donors (Lipinski definition) is 1. The minimum atomic E-state index is -0.304. The van der Waals surface area contributed by atoms with Gasteiger partial charge in [0.2, 0.25) is 0 Å². The quantitative estimate of drug-likeness (QED) is 0.754. The minimum Gasteiger partial charge on any atom is -0.493 e. The number of halogens is 1. The van der Waals surface area contributed by atoms with Gasteiger partial charge in [0.05, 0.1) is 19.8 Å². The van der Waals surface area contributed by atoms with Gasteiger partial charge in [-0.05, 0) is 37.6 Å². The molecular weight excluding hydrogens is 396 g/mol. The van der Waals surface area contributed by atoms with Gasteiger partial charge in [0, 0.05) is 21.8 Å². The molecule has 0 saturated carbocycles. The summed E-state index contributed by atoms with van der Waals surface area (Å²) in [6, 6.07) is 11.5. The third-order valence-corrected chi connectivity index (χ3v) is 5.51. The van der Waals surface area contributed by atoms with E-state index in [0.717, 1.165) is 22.1 Å². The van der Waals surface area contributed by atoms with Crippen molar-refractivity contribution in [3.63, 3.8) is 0 Å². The molecule has 1 aliphatic heterocycles. The van der Waals surface area contributed by atoms with Crippen LogP contribution in [0.5, 0.6) is 11.5 Å². The molecule has 138 valence electrons. The van der Waals surface area contributed by atoms with Crippen molar-refractivity contribution in [1.82, 2.24) is 4.90 Å². The molecule has 2 aromatic carbocycles. The van der Waals surface area contributed by atoms with Crippen LogP contribution in [0.4, 0.5) is 5.69 Å². The predicted molar refractivity (Wildman–Crippen MR) is 106 cm³/mol. The van der Waals surface area contributed by atoms with Gasteiger partial charge in [-0.25, -0.2) is 0 Å². The van der Waals surface area contributed by atoms with Crippen molar-refractivity contribution in [3.05, 3.63) is 52.0 Å². The van der Waals surface area contributed by atoms with Gasteiger partial charge in [0.15, 0.2) is 11.5 Å². The van der Waals surface area contributed by atoms with Crippen LogP contribution >= 0.6 is 15.9 Å². The number of ether oxygens (including phenoxy) is 2. The zero-order valence-corrected chi connectivity index (χ0v) is 17.0. The summed E-state index contributed by atoms with van der Waals surface area (Å²) >= 11 is 3.63. The van der Waals surface area contributed by atoms with Crippen LogP contribution in [0.25, 0.3) is 0 Å². The van der Waals surface area contributed by atoms with E-state index in [1.54, 1.807) is 14.2 Å². The topological polar surface area (TPSA) is 50.8 Å². The summed E-state index contributed by atoms with van der Waals surface area (Å²) in [5, 5.41) is 3.52. The standard InChI is InChI=1S/C20H23BrN2O3/c1-5-12(2)23-19(22-16-9-7-6-8-13(16)20(23)24)14-10-17(25-3)18(26-4)11-15(14)21/h6-12,19,22H,5H2,1-4H3/t12-,19+/m0/s1. The maximum absolute atomic E-state index is 13.2. The summed E-state index contributed by atoms with van der Waals surface area (Å²) in [5.74, 6) is 1.30. The van der Waals surface area contributed by atoms with Gasteiger partial charge in [-0.3, -0.25) is 4.79 Å². The Kier molecular flexibility index (Phi) is 5.41. The van der Waals surface area contributed by atoms with Gasteiger partial charge in [0.25, 0.3) is 5.91 Å². The fraction of sp³-hybridized carbons (Fsp3) is 0.350. The molecule has 3 rings (SSSR count). The highest BCUT2D eigenvalue weighted by Gasteiger charge is 2.36. The molecular formula is C20H23BrN2O3. The van der Waals surface area contributed by atoms with E-state index in [4.69, 9.17) is 9.47 Å². The van der Waals surface area contributed by atoms with Crippen LogP contribution in [-0.2, 0) is 0 Å². The van der Waals surface area contributed by atoms with Crippen molar-refractivity contribution in [2.24, 2.45) is 0 Å². The molecule has 0 unspecified atom stereocenters. The number of amides is 1. The zero-order chi connectivity index (χ0) is 18.8. The Morgan fingerprint density at radius 1 is 1.19 bits per heavy atom. The lowest BCUT2D eigenvalue weighted by Crippen LogP contribution is -2.47. The Hall–Kier alpha value is -2.21. The SMILES string of the molecule is CC[C@H](C)N1C(=O)c2ccccc2N[C@H]1c1cc(OC)c(OC)cc1Br. The smallest absolute Gasteiger partial charge is 0.258 e. The van der Waals surface area contributed by atoms with Crippen LogP contribution in [-0.4, -0.2) is 31.1 Å². The number of nitrogens with one attached hydrogen (secondary N) is 1. The second-order valence-corrected chi connectivity index (χ2v) is 7.15. The summed E-state index contributed by atoms with van der Waals surface area (Å²) < 4.78 is 11.7. The minimum absolute atomic E-state index is 0.0281. The fourth-order valence-corrected chi connectivity index (χ4v) is 3.77. The van der Waals surface area contributed by atoms with E-state index in [1.807, 2.05) is 41.3 Å². The first-order chi connectivity index (χ1) is 12.5. The van der Waals surface area contributed by atoms with E-state index in [2.05, 4.69) is 35.1 Å². The van der Waals surface area contributed by atoms with Gasteiger partial charge in [-0.1, -0.05) is 35.0 Å². The summed E-state index contributed by atoms with van der Waals surface area (Å²) in [5.41, 5.74) is 2.45. The summed E-state index contributed by atoms with van der Waals surface area (Å²) in [7, 11) is 3.21. The van der Waals surface area contributed by atoms with Gasteiger partial charge < -0.3 is 19.7 Å². The maximum Gasteiger partial charge on any atom is 0.258 e. The van der Waals surface area contributed by atoms with Gasteiger partial charge in [-0.15, -0.1) is 0 Å². The molecule has 6 heteroatoms. The normalized spacial score (nSPS) is 17.3. The van der Waals surface area contributed by atoms with Crippen molar-refractivity contribution in [1.29, 1.82) is 0 Å². The zero-order valence-electron chi connectivity index (χ0n) is 15.4. The Morgan fingerprint density at radius 3 is 2.50 bits per heavy atom. The molecule has 0 aliphatic carbocycles. The number of carbonyl (C=O) groups is 1. The van der Waals surface area contributed by atoms with Crippen molar-refractivity contribution in [2.45, 2.75) is 32.5 Å². The number of nitrogens with zero attached hydrogens (tertiary/aromatic N) is 1. The van der Waals surface area contributed by atoms with E-state index >= 15 is 0 Å². The third kappa shape index (κ3) is 3.14. The molecule has 0 radical (unpaired) electrons. The Labute approximate surface area is 162 Å². The summed E-state index contributed by atoms with van der Waals surface area (Å²) in [6.07, 6.45) is 0.554. The maximum atomic E-state index is 13.2. The molecule has 5 nitrogen and oxygen atoms in total. The molecule has 2 aromatic rings. The lowest BCUT2D eigenvalue weighted by atomic mass is 10.0. The van der Waals surface area contributed by atoms with Crippen LogP contribution < -0.4 is 14.8 Å². The molecule has 1 amide bonds. The Balaban J connectivity index is 2.14. The monoisotopic (exact) mass is 418 g/mol. The molecule has 0 aromatic heterocycles. The first-order valence-electron chi connectivity index (χ1n) is 8.61. The second-order valence-electron chi connectivity index (χ2n) is 6.29. The molecule has 0 saturated heterocycles. The highest BCUT2D eigenvalue weighted by atomic mass is 79.9. The van der Waals surface area contributed by atoms with E-state index in [0.29, 0.717) is 17.1 Å². The van der Waals surface area contributed by atoms with E-state index < -0.39 is 0 Å². The van der Waals surface area contributed by atoms with E-state index in [1.165, 1.54) is 0 Å². The van der Waals surface area contributed by atoms with Gasteiger partial charge in [-0.2, -0.15) is 0 Å². The molecule has 0 bridgehead atoms. The number of hydrogen-bond acceptors (Lipinski definition) is 4. The van der Waals surface area contributed by atoms with Crippen LogP contribution in [0.3, 0.4) is 0 Å². The number of benzene rings is 2. The number of rotatable bonds is 5. The number of para-hydroxylation sites is 1. The lowest BCUT2D eigenvalue weighted by Gasteiger charge is -2.42. The van der Waals surface area contributed by atoms with Crippen molar-refractivity contribution in [2.75, 3.05) is 19.5 Å². The molecule has 0 spiro atoms. The largest absolute Gasteiger partial charge is 0.493 e. The Bertz CT molecular complexity index is 825. The molecule has 2 atom stereocenters. The Morgan fingerprint density at radius 2 is 1.85 bits per heavy atom. The van der Waals surface area contributed by atoms with Crippen LogP contribution in [0.15, 0.2) is 40.9 Å². The van der Waals surface area contributed by atoms with Crippen molar-refractivity contribution >= 4 is 27.5 Å². The average Bonchev–Trinajstić information content (AvgIpc) is 2.67. The van der Waals surface area contributed by atoms with Crippen LogP contribution in [0, 0.1) is 0 Å². The second kappa shape index (κ2) is 7.58. The number of methoxy groups -OCH3 is 2. The van der Waals surface area contributed by atoms with Crippen LogP contribution in [0.2, 0.25) is 0 Å². The van der Waals surface area contributed by atoms with Gasteiger partial charge in [0.1, 0.15) is 6.17 Å². The molecule has 1 N–H and O–H groups in total. The molecule has 1 heterocycles. The lowest BCUT2D eigenvalue weighted by molar-refractivity contribution is 0.0592. The summed E-state index contributed by atoms with van der Waals surface area (Å²) in [4.78, 5) is 15.1. The number of anilines is 1. The number of carbonyl (C=O) groups excluding carboxylic acids is 1. The first kappa shape index (κ1) is 18.6. The highest BCUT2D eigenvalue weighted by Crippen LogP contribution is 2.41. The van der Waals surface area contributed by atoms with E-state index in [9.17, 15) is 4.79 Å².